The molecule has 0 saturated heterocycles. The molecule has 19 heavy (non-hydrogen) atoms. The van der Waals surface area contributed by atoms with Crippen LogP contribution in [-0.2, 0) is 7.05 Å². The summed E-state index contributed by atoms with van der Waals surface area (Å²) >= 11 is 1.60. The van der Waals surface area contributed by atoms with Crippen LogP contribution in [0.1, 0.15) is 20.3 Å². The Morgan fingerprint density at radius 3 is 2.58 bits per heavy atom. The average molecular weight is 278 g/mol. The number of pyridine rings is 1. The maximum absolute atomic E-state index is 9.69. The van der Waals surface area contributed by atoms with E-state index in [1.807, 2.05) is 37.6 Å². The van der Waals surface area contributed by atoms with Crippen LogP contribution in [0.3, 0.4) is 0 Å². The minimum atomic E-state index is -0.639. The van der Waals surface area contributed by atoms with Crippen LogP contribution in [0.2, 0.25) is 0 Å². The number of thioether (sulfide) groups is 1. The third kappa shape index (κ3) is 3.78. The molecule has 0 aliphatic rings. The number of nitrogens with zero attached hydrogens (tertiary/aromatic N) is 4. The monoisotopic (exact) mass is 278 g/mol. The zero-order valence-electron chi connectivity index (χ0n) is 11.4. The van der Waals surface area contributed by atoms with Crippen molar-refractivity contribution in [1.29, 1.82) is 0 Å². The minimum absolute atomic E-state index is 0.639. The third-order valence-electron chi connectivity index (χ3n) is 2.72. The van der Waals surface area contributed by atoms with Gasteiger partial charge in [0, 0.05) is 30.8 Å². The van der Waals surface area contributed by atoms with Crippen molar-refractivity contribution in [1.82, 2.24) is 19.7 Å². The average Bonchev–Trinajstić information content (AvgIpc) is 2.71. The molecule has 2 aromatic rings. The Kier molecular flexibility index (Phi) is 4.21. The maximum Gasteiger partial charge on any atom is 0.191 e. The van der Waals surface area contributed by atoms with E-state index in [0.717, 1.165) is 28.7 Å². The van der Waals surface area contributed by atoms with Crippen LogP contribution >= 0.6 is 11.8 Å². The summed E-state index contributed by atoms with van der Waals surface area (Å²) in [6, 6.07) is 3.82. The Labute approximate surface area is 117 Å². The fourth-order valence-corrected chi connectivity index (χ4v) is 2.75. The molecule has 0 radical (unpaired) electrons. The smallest absolute Gasteiger partial charge is 0.191 e. The van der Waals surface area contributed by atoms with Crippen LogP contribution in [0, 0.1) is 0 Å². The van der Waals surface area contributed by atoms with Crippen LogP contribution < -0.4 is 0 Å². The lowest BCUT2D eigenvalue weighted by molar-refractivity contribution is 0.0777. The molecule has 0 spiro atoms. The van der Waals surface area contributed by atoms with Gasteiger partial charge in [0.05, 0.1) is 5.60 Å². The number of aromatic nitrogens is 4. The van der Waals surface area contributed by atoms with Gasteiger partial charge in [0.15, 0.2) is 11.0 Å². The van der Waals surface area contributed by atoms with Gasteiger partial charge in [-0.3, -0.25) is 4.98 Å². The number of aliphatic hydroxyl groups is 1. The van der Waals surface area contributed by atoms with Crippen molar-refractivity contribution >= 4 is 11.8 Å². The zero-order chi connectivity index (χ0) is 13.9. The molecule has 0 atom stereocenters. The fourth-order valence-electron chi connectivity index (χ4n) is 1.59. The summed E-state index contributed by atoms with van der Waals surface area (Å²) in [5, 5.41) is 18.9. The van der Waals surface area contributed by atoms with Crippen molar-refractivity contribution < 1.29 is 5.11 Å². The largest absolute Gasteiger partial charge is 0.390 e. The Bertz CT molecular complexity index is 533. The van der Waals surface area contributed by atoms with Crippen LogP contribution in [0.25, 0.3) is 11.4 Å². The molecule has 0 aliphatic carbocycles. The van der Waals surface area contributed by atoms with Crippen molar-refractivity contribution in [2.75, 3.05) is 5.75 Å². The van der Waals surface area contributed by atoms with Crippen molar-refractivity contribution in [3.63, 3.8) is 0 Å². The van der Waals surface area contributed by atoms with Crippen LogP contribution in [0.5, 0.6) is 0 Å². The molecule has 0 fully saturated rings. The lowest BCUT2D eigenvalue weighted by Crippen LogP contribution is -2.19. The van der Waals surface area contributed by atoms with E-state index in [9.17, 15) is 5.11 Å². The Morgan fingerprint density at radius 1 is 1.26 bits per heavy atom. The zero-order valence-corrected chi connectivity index (χ0v) is 12.2. The van der Waals surface area contributed by atoms with Crippen molar-refractivity contribution in [3.05, 3.63) is 24.5 Å². The van der Waals surface area contributed by atoms with E-state index in [1.165, 1.54) is 0 Å². The molecule has 102 valence electrons. The molecule has 2 rings (SSSR count). The van der Waals surface area contributed by atoms with Crippen molar-refractivity contribution in [2.24, 2.45) is 7.05 Å². The molecule has 2 heterocycles. The van der Waals surface area contributed by atoms with Gasteiger partial charge in [-0.25, -0.2) is 0 Å². The predicted molar refractivity (Wildman–Crippen MR) is 75.9 cm³/mol. The van der Waals surface area contributed by atoms with E-state index in [0.29, 0.717) is 0 Å². The molecule has 0 unspecified atom stereocenters. The van der Waals surface area contributed by atoms with E-state index in [4.69, 9.17) is 0 Å². The van der Waals surface area contributed by atoms with Gasteiger partial charge in [0.2, 0.25) is 0 Å². The topological polar surface area (TPSA) is 63.8 Å². The van der Waals surface area contributed by atoms with Crippen molar-refractivity contribution in [3.8, 4) is 11.4 Å². The van der Waals surface area contributed by atoms with Gasteiger partial charge < -0.3 is 9.67 Å². The second kappa shape index (κ2) is 5.71. The standard InChI is InChI=1S/C13H18N4OS/c1-13(2,18)6-9-19-12-16-15-11(17(12)3)10-4-7-14-8-5-10/h4-5,7-8,18H,6,9H2,1-3H3. The first-order valence-corrected chi connectivity index (χ1v) is 7.11. The fraction of sp³-hybridized carbons (Fsp3) is 0.462. The maximum atomic E-state index is 9.69. The van der Waals surface area contributed by atoms with Crippen LogP contribution in [-0.4, -0.2) is 36.2 Å². The summed E-state index contributed by atoms with van der Waals surface area (Å²) in [6.07, 6.45) is 4.20. The van der Waals surface area contributed by atoms with Gasteiger partial charge in [-0.05, 0) is 32.4 Å². The molecular formula is C13H18N4OS. The quantitative estimate of drug-likeness (QED) is 0.849. The minimum Gasteiger partial charge on any atom is -0.390 e. The van der Waals surface area contributed by atoms with Gasteiger partial charge in [0.25, 0.3) is 0 Å². The molecule has 0 amide bonds. The van der Waals surface area contributed by atoms with Gasteiger partial charge in [-0.1, -0.05) is 11.8 Å². The number of hydrogen-bond donors (Lipinski definition) is 1. The highest BCUT2D eigenvalue weighted by Crippen LogP contribution is 2.24. The highest BCUT2D eigenvalue weighted by Gasteiger charge is 2.15. The predicted octanol–water partition coefficient (Wildman–Crippen LogP) is 2.13. The SMILES string of the molecule is Cn1c(SCCC(C)(C)O)nnc1-c1ccncc1. The summed E-state index contributed by atoms with van der Waals surface area (Å²) in [5.41, 5.74) is 0.360. The molecule has 1 N–H and O–H groups in total. The Morgan fingerprint density at radius 2 is 1.95 bits per heavy atom. The molecule has 2 aromatic heterocycles. The van der Waals surface area contributed by atoms with E-state index in [1.54, 1.807) is 24.2 Å². The Balaban J connectivity index is 2.07. The van der Waals surface area contributed by atoms with Crippen LogP contribution in [0.4, 0.5) is 0 Å². The molecule has 0 aliphatic heterocycles. The van der Waals surface area contributed by atoms with Gasteiger partial charge >= 0.3 is 0 Å². The molecule has 6 heteroatoms. The summed E-state index contributed by atoms with van der Waals surface area (Å²) in [6.45, 7) is 3.62. The van der Waals surface area contributed by atoms with Gasteiger partial charge in [-0.2, -0.15) is 0 Å². The van der Waals surface area contributed by atoms with E-state index < -0.39 is 5.60 Å². The first-order chi connectivity index (χ1) is 8.97. The highest BCUT2D eigenvalue weighted by atomic mass is 32.2. The summed E-state index contributed by atoms with van der Waals surface area (Å²) < 4.78 is 1.96. The second-order valence-electron chi connectivity index (χ2n) is 5.01. The summed E-state index contributed by atoms with van der Waals surface area (Å²) in [7, 11) is 1.95. The van der Waals surface area contributed by atoms with Crippen molar-refractivity contribution in [2.45, 2.75) is 31.0 Å². The second-order valence-corrected chi connectivity index (χ2v) is 6.07. The molecule has 0 bridgehead atoms. The van der Waals surface area contributed by atoms with E-state index in [2.05, 4.69) is 15.2 Å². The number of hydrogen-bond acceptors (Lipinski definition) is 5. The summed E-state index contributed by atoms with van der Waals surface area (Å²) in [4.78, 5) is 3.99. The Hall–Kier alpha value is -1.40. The number of rotatable bonds is 5. The first-order valence-electron chi connectivity index (χ1n) is 6.12. The molecule has 0 saturated carbocycles. The third-order valence-corrected chi connectivity index (χ3v) is 3.74. The molecule has 5 nitrogen and oxygen atoms in total. The molecule has 0 aromatic carbocycles. The summed E-state index contributed by atoms with van der Waals surface area (Å²) in [5.74, 6) is 1.64. The lowest BCUT2D eigenvalue weighted by Gasteiger charge is -2.15. The van der Waals surface area contributed by atoms with Gasteiger partial charge in [0.1, 0.15) is 0 Å². The molecular weight excluding hydrogens is 260 g/mol. The van der Waals surface area contributed by atoms with E-state index >= 15 is 0 Å². The van der Waals surface area contributed by atoms with Gasteiger partial charge in [-0.15, -0.1) is 10.2 Å². The lowest BCUT2D eigenvalue weighted by atomic mass is 10.1. The highest BCUT2D eigenvalue weighted by molar-refractivity contribution is 7.99. The first kappa shape index (κ1) is 14.0. The van der Waals surface area contributed by atoms with E-state index in [-0.39, 0.29) is 0 Å². The normalized spacial score (nSPS) is 11.8. The van der Waals surface area contributed by atoms with Crippen LogP contribution in [0.15, 0.2) is 29.7 Å².